The minimum absolute atomic E-state index is 0.0659. The van der Waals surface area contributed by atoms with E-state index < -0.39 is 0 Å². The normalized spacial score (nSPS) is 10.5. The van der Waals surface area contributed by atoms with E-state index in [0.717, 1.165) is 22.2 Å². The Morgan fingerprint density at radius 1 is 0.964 bits per heavy atom. The van der Waals surface area contributed by atoms with Crippen LogP contribution in [0.3, 0.4) is 0 Å². The van der Waals surface area contributed by atoms with Gasteiger partial charge in [-0.2, -0.15) is 0 Å². The molecule has 1 aromatic heterocycles. The highest BCUT2D eigenvalue weighted by atomic mass is 32.1. The van der Waals surface area contributed by atoms with E-state index in [4.69, 9.17) is 9.47 Å². The smallest absolute Gasteiger partial charge is 0.226 e. The van der Waals surface area contributed by atoms with E-state index in [1.54, 1.807) is 0 Å². The zero-order valence-corrected chi connectivity index (χ0v) is 16.9. The molecule has 28 heavy (non-hydrogen) atoms. The van der Waals surface area contributed by atoms with Gasteiger partial charge in [0.05, 0.1) is 18.7 Å². The largest absolute Gasteiger partial charge is 0.492 e. The highest BCUT2D eigenvalue weighted by molar-refractivity contribution is 7.09. The predicted molar refractivity (Wildman–Crippen MR) is 111 cm³/mol. The highest BCUT2D eigenvalue weighted by Gasteiger charge is 2.08. The van der Waals surface area contributed by atoms with Crippen LogP contribution in [0.1, 0.15) is 21.8 Å². The summed E-state index contributed by atoms with van der Waals surface area (Å²) >= 11 is 1.50. The molecule has 3 rings (SSSR count). The Labute approximate surface area is 169 Å². The third-order valence-corrected chi connectivity index (χ3v) is 4.91. The number of aryl methyl sites for hydroxylation is 2. The van der Waals surface area contributed by atoms with Crippen LogP contribution in [0.25, 0.3) is 0 Å². The lowest BCUT2D eigenvalue weighted by molar-refractivity contribution is -0.120. The Bertz CT molecular complexity index is 889. The Balaban J connectivity index is 1.36. The molecule has 1 heterocycles. The summed E-state index contributed by atoms with van der Waals surface area (Å²) in [7, 11) is 0. The molecule has 0 spiro atoms. The van der Waals surface area contributed by atoms with E-state index in [-0.39, 0.29) is 12.3 Å². The fourth-order valence-electron chi connectivity index (χ4n) is 2.50. The second-order valence-corrected chi connectivity index (χ2v) is 7.47. The number of nitrogens with one attached hydrogen (secondary N) is 1. The molecule has 0 unspecified atom stereocenters. The van der Waals surface area contributed by atoms with Crippen LogP contribution >= 0.6 is 11.3 Å². The molecule has 0 radical (unpaired) electrons. The molecule has 0 aliphatic rings. The number of amides is 1. The number of aromatic nitrogens is 1. The van der Waals surface area contributed by atoms with Crippen molar-refractivity contribution >= 4 is 17.2 Å². The van der Waals surface area contributed by atoms with Crippen LogP contribution in [0.4, 0.5) is 0 Å². The number of carbonyl (C=O) groups excluding carboxylic acids is 1. The van der Waals surface area contributed by atoms with Gasteiger partial charge in [0.2, 0.25) is 5.91 Å². The Kier molecular flexibility index (Phi) is 7.03. The molecule has 6 heteroatoms. The number of thiazole rings is 1. The van der Waals surface area contributed by atoms with Crippen molar-refractivity contribution in [2.24, 2.45) is 0 Å². The van der Waals surface area contributed by atoms with E-state index >= 15 is 0 Å². The molecule has 1 amide bonds. The van der Waals surface area contributed by atoms with Crippen molar-refractivity contribution in [2.45, 2.75) is 26.9 Å². The van der Waals surface area contributed by atoms with E-state index in [1.807, 2.05) is 67.8 Å². The van der Waals surface area contributed by atoms with Crippen LogP contribution in [0.2, 0.25) is 0 Å². The average Bonchev–Trinajstić information content (AvgIpc) is 3.13. The fraction of sp³-hybridized carbons (Fsp3) is 0.273. The molecule has 0 saturated carbocycles. The van der Waals surface area contributed by atoms with Crippen molar-refractivity contribution in [3.63, 3.8) is 0 Å². The fourth-order valence-corrected chi connectivity index (χ4v) is 3.20. The first kappa shape index (κ1) is 19.9. The second-order valence-electron chi connectivity index (χ2n) is 6.52. The van der Waals surface area contributed by atoms with Gasteiger partial charge in [-0.1, -0.05) is 35.4 Å². The molecule has 3 aromatic rings. The quantitative estimate of drug-likeness (QED) is 0.554. The summed E-state index contributed by atoms with van der Waals surface area (Å²) in [6.45, 7) is 5.36. The molecule has 0 aliphatic carbocycles. The second kappa shape index (κ2) is 9.90. The van der Waals surface area contributed by atoms with E-state index in [0.29, 0.717) is 19.8 Å². The van der Waals surface area contributed by atoms with Gasteiger partial charge >= 0.3 is 0 Å². The first-order chi connectivity index (χ1) is 13.6. The summed E-state index contributed by atoms with van der Waals surface area (Å²) in [6.07, 6.45) is 0.256. The molecule has 0 fully saturated rings. The van der Waals surface area contributed by atoms with Crippen LogP contribution in [0.5, 0.6) is 11.5 Å². The molecule has 0 bridgehead atoms. The van der Waals surface area contributed by atoms with Crippen LogP contribution < -0.4 is 14.8 Å². The topological polar surface area (TPSA) is 60.5 Å². The third-order valence-electron chi connectivity index (χ3n) is 4.04. The lowest BCUT2D eigenvalue weighted by Gasteiger charge is -2.07. The van der Waals surface area contributed by atoms with Gasteiger partial charge in [-0.05, 0) is 38.1 Å². The van der Waals surface area contributed by atoms with E-state index in [9.17, 15) is 4.79 Å². The third kappa shape index (κ3) is 6.39. The highest BCUT2D eigenvalue weighted by Crippen LogP contribution is 2.16. The monoisotopic (exact) mass is 396 g/mol. The average molecular weight is 397 g/mol. The number of benzene rings is 2. The maximum atomic E-state index is 12.1. The number of hydrogen-bond donors (Lipinski definition) is 1. The number of ether oxygens (including phenoxy) is 2. The Morgan fingerprint density at radius 3 is 2.21 bits per heavy atom. The van der Waals surface area contributed by atoms with Gasteiger partial charge in [0, 0.05) is 5.38 Å². The number of carbonyl (C=O) groups is 1. The lowest BCUT2D eigenvalue weighted by atomic mass is 10.2. The summed E-state index contributed by atoms with van der Waals surface area (Å²) in [6, 6.07) is 15.7. The van der Waals surface area contributed by atoms with Crippen molar-refractivity contribution < 1.29 is 14.3 Å². The van der Waals surface area contributed by atoms with Crippen LogP contribution in [-0.2, 0) is 17.8 Å². The standard InChI is InChI=1S/C22H24N2O3S/c1-16-3-7-19(8-4-16)26-12-11-23-21(25)13-18-15-28-22(24-18)14-27-20-9-5-17(2)6-10-20/h3-10,15H,11-14H2,1-2H3,(H,23,25). The summed E-state index contributed by atoms with van der Waals surface area (Å²) in [5, 5.41) is 5.61. The Morgan fingerprint density at radius 2 is 1.57 bits per heavy atom. The molecular formula is C22H24N2O3S. The number of hydrogen-bond acceptors (Lipinski definition) is 5. The minimum Gasteiger partial charge on any atom is -0.492 e. The van der Waals surface area contributed by atoms with Crippen LogP contribution in [-0.4, -0.2) is 24.0 Å². The van der Waals surface area contributed by atoms with E-state index in [2.05, 4.69) is 10.3 Å². The van der Waals surface area contributed by atoms with Gasteiger partial charge in [0.15, 0.2) is 0 Å². The maximum absolute atomic E-state index is 12.1. The Hall–Kier alpha value is -2.86. The van der Waals surface area contributed by atoms with Gasteiger partial charge in [-0.3, -0.25) is 4.79 Å². The molecule has 146 valence electrons. The predicted octanol–water partition coefficient (Wildman–Crippen LogP) is 4.08. The van der Waals surface area contributed by atoms with Crippen molar-refractivity contribution in [1.82, 2.24) is 10.3 Å². The van der Waals surface area contributed by atoms with Gasteiger partial charge < -0.3 is 14.8 Å². The van der Waals surface area contributed by atoms with E-state index in [1.165, 1.54) is 22.5 Å². The molecule has 0 atom stereocenters. The number of nitrogens with zero attached hydrogens (tertiary/aromatic N) is 1. The first-order valence-corrected chi connectivity index (χ1v) is 10.1. The summed E-state index contributed by atoms with van der Waals surface area (Å²) in [4.78, 5) is 16.5. The van der Waals surface area contributed by atoms with Crippen molar-refractivity contribution in [1.29, 1.82) is 0 Å². The molecule has 1 N–H and O–H groups in total. The molecule has 0 saturated heterocycles. The van der Waals surface area contributed by atoms with Crippen molar-refractivity contribution in [2.75, 3.05) is 13.2 Å². The van der Waals surface area contributed by atoms with Gasteiger partial charge in [0.1, 0.15) is 29.7 Å². The van der Waals surface area contributed by atoms with Crippen molar-refractivity contribution in [3.8, 4) is 11.5 Å². The summed E-state index contributed by atoms with van der Waals surface area (Å²) in [5.74, 6) is 1.55. The summed E-state index contributed by atoms with van der Waals surface area (Å²) < 4.78 is 11.3. The van der Waals surface area contributed by atoms with Gasteiger partial charge in [0.25, 0.3) is 0 Å². The van der Waals surface area contributed by atoms with Crippen molar-refractivity contribution in [3.05, 3.63) is 75.7 Å². The molecular weight excluding hydrogens is 372 g/mol. The first-order valence-electron chi connectivity index (χ1n) is 9.17. The number of rotatable bonds is 9. The maximum Gasteiger partial charge on any atom is 0.226 e. The zero-order valence-electron chi connectivity index (χ0n) is 16.1. The lowest BCUT2D eigenvalue weighted by Crippen LogP contribution is -2.29. The van der Waals surface area contributed by atoms with Crippen LogP contribution in [0.15, 0.2) is 53.9 Å². The van der Waals surface area contributed by atoms with Gasteiger partial charge in [-0.15, -0.1) is 11.3 Å². The molecule has 5 nitrogen and oxygen atoms in total. The van der Waals surface area contributed by atoms with Crippen LogP contribution in [0, 0.1) is 13.8 Å². The minimum atomic E-state index is -0.0659. The van der Waals surface area contributed by atoms with Gasteiger partial charge in [-0.25, -0.2) is 4.98 Å². The summed E-state index contributed by atoms with van der Waals surface area (Å²) in [5.41, 5.74) is 3.14. The SMILES string of the molecule is Cc1ccc(OCCNC(=O)Cc2csc(COc3ccc(C)cc3)n2)cc1. The zero-order chi connectivity index (χ0) is 19.8. The molecule has 2 aromatic carbocycles. The molecule has 0 aliphatic heterocycles.